The van der Waals surface area contributed by atoms with E-state index in [1.807, 2.05) is 0 Å². The zero-order chi connectivity index (χ0) is 18.5. The highest BCUT2D eigenvalue weighted by molar-refractivity contribution is 5.76. The lowest BCUT2D eigenvalue weighted by Crippen LogP contribution is -2.40. The number of H-pyrrole nitrogens is 1. The molecule has 1 aromatic heterocycles. The molecule has 0 radical (unpaired) electrons. The Kier molecular flexibility index (Phi) is 5.62. The molecule has 1 aliphatic rings. The van der Waals surface area contributed by atoms with Crippen molar-refractivity contribution in [3.05, 3.63) is 68.7 Å². The van der Waals surface area contributed by atoms with Crippen molar-refractivity contribution in [3.8, 4) is 0 Å². The minimum Gasteiger partial charge on any atom is -0.340 e. The van der Waals surface area contributed by atoms with Crippen LogP contribution in [0.1, 0.15) is 12.0 Å². The SMILES string of the molecule is O=C(Cn1ccc(=O)[nH]c1=O)N1CCCN(Cc2ccc(F)cc2)CC1. The van der Waals surface area contributed by atoms with E-state index in [-0.39, 0.29) is 18.3 Å². The van der Waals surface area contributed by atoms with Gasteiger partial charge < -0.3 is 4.90 Å². The van der Waals surface area contributed by atoms with Crippen LogP contribution in [0.3, 0.4) is 0 Å². The number of hydrogen-bond acceptors (Lipinski definition) is 4. The van der Waals surface area contributed by atoms with Gasteiger partial charge in [-0.1, -0.05) is 12.1 Å². The van der Waals surface area contributed by atoms with Crippen molar-refractivity contribution in [1.82, 2.24) is 19.4 Å². The lowest BCUT2D eigenvalue weighted by molar-refractivity contribution is -0.131. The Balaban J connectivity index is 1.57. The summed E-state index contributed by atoms with van der Waals surface area (Å²) in [6, 6.07) is 7.66. The zero-order valence-electron chi connectivity index (χ0n) is 14.4. The van der Waals surface area contributed by atoms with Crippen LogP contribution in [0.25, 0.3) is 0 Å². The minimum absolute atomic E-state index is 0.0897. The van der Waals surface area contributed by atoms with Crippen LogP contribution in [0, 0.1) is 5.82 Å². The molecule has 3 rings (SSSR count). The van der Waals surface area contributed by atoms with Crippen molar-refractivity contribution in [2.75, 3.05) is 26.2 Å². The topological polar surface area (TPSA) is 78.4 Å². The van der Waals surface area contributed by atoms with E-state index in [1.54, 1.807) is 17.0 Å². The van der Waals surface area contributed by atoms with Gasteiger partial charge in [0.2, 0.25) is 5.91 Å². The maximum atomic E-state index is 13.0. The molecule has 2 heterocycles. The number of rotatable bonds is 4. The lowest BCUT2D eigenvalue weighted by atomic mass is 10.2. The number of halogens is 1. The first kappa shape index (κ1) is 18.1. The lowest BCUT2D eigenvalue weighted by Gasteiger charge is -2.22. The van der Waals surface area contributed by atoms with Gasteiger partial charge in [0.05, 0.1) is 0 Å². The molecular formula is C18H21FN4O3. The monoisotopic (exact) mass is 360 g/mol. The smallest absolute Gasteiger partial charge is 0.328 e. The Labute approximate surface area is 149 Å². The third-order valence-electron chi connectivity index (χ3n) is 4.46. The van der Waals surface area contributed by atoms with E-state index in [4.69, 9.17) is 0 Å². The summed E-state index contributed by atoms with van der Waals surface area (Å²) in [5.74, 6) is -0.401. The predicted molar refractivity (Wildman–Crippen MR) is 94.2 cm³/mol. The van der Waals surface area contributed by atoms with E-state index in [1.165, 1.54) is 29.0 Å². The maximum absolute atomic E-state index is 13.0. The van der Waals surface area contributed by atoms with E-state index >= 15 is 0 Å². The molecule has 8 heteroatoms. The molecule has 0 spiro atoms. The standard InChI is InChI=1S/C18H21FN4O3/c19-15-4-2-14(3-5-15)12-21-7-1-8-22(11-10-21)17(25)13-23-9-6-16(24)20-18(23)26/h2-6,9H,1,7-8,10-13H2,(H,20,24,26). The Morgan fingerprint density at radius 1 is 1.04 bits per heavy atom. The highest BCUT2D eigenvalue weighted by atomic mass is 19.1. The number of benzene rings is 1. The normalized spacial score (nSPS) is 15.7. The van der Waals surface area contributed by atoms with Gasteiger partial charge in [0.25, 0.3) is 5.56 Å². The number of carbonyl (C=O) groups is 1. The molecule has 26 heavy (non-hydrogen) atoms. The highest BCUT2D eigenvalue weighted by Gasteiger charge is 2.19. The van der Waals surface area contributed by atoms with Crippen LogP contribution in [0.2, 0.25) is 0 Å². The molecule has 2 aromatic rings. The molecule has 1 aromatic carbocycles. The predicted octanol–water partition coefficient (Wildman–Crippen LogP) is 0.410. The Morgan fingerprint density at radius 3 is 2.54 bits per heavy atom. The van der Waals surface area contributed by atoms with Gasteiger partial charge in [0.1, 0.15) is 12.4 Å². The summed E-state index contributed by atoms with van der Waals surface area (Å²) in [7, 11) is 0. The number of nitrogens with one attached hydrogen (secondary N) is 1. The van der Waals surface area contributed by atoms with Crippen LogP contribution < -0.4 is 11.2 Å². The summed E-state index contributed by atoms with van der Waals surface area (Å²) in [6.45, 7) is 3.37. The van der Waals surface area contributed by atoms with Crippen molar-refractivity contribution in [2.24, 2.45) is 0 Å². The van der Waals surface area contributed by atoms with Crippen LogP contribution in [-0.2, 0) is 17.9 Å². The second-order valence-corrected chi connectivity index (χ2v) is 6.37. The minimum atomic E-state index is -0.585. The van der Waals surface area contributed by atoms with Gasteiger partial charge in [-0.25, -0.2) is 9.18 Å². The molecule has 1 amide bonds. The van der Waals surface area contributed by atoms with Gasteiger partial charge in [-0.05, 0) is 24.1 Å². The second kappa shape index (κ2) is 8.09. The molecule has 0 unspecified atom stereocenters. The number of aromatic nitrogens is 2. The number of amides is 1. The third kappa shape index (κ3) is 4.66. The molecule has 1 fully saturated rings. The zero-order valence-corrected chi connectivity index (χ0v) is 14.4. The first-order valence-corrected chi connectivity index (χ1v) is 8.55. The van der Waals surface area contributed by atoms with Crippen LogP contribution in [-0.4, -0.2) is 51.4 Å². The fraction of sp³-hybridized carbons (Fsp3) is 0.389. The average Bonchev–Trinajstić information content (AvgIpc) is 2.85. The van der Waals surface area contributed by atoms with E-state index < -0.39 is 11.2 Å². The Hall–Kier alpha value is -2.74. The molecule has 138 valence electrons. The van der Waals surface area contributed by atoms with Gasteiger partial charge in [0, 0.05) is 45.0 Å². The molecule has 0 bridgehead atoms. The number of aromatic amines is 1. The van der Waals surface area contributed by atoms with Crippen molar-refractivity contribution in [3.63, 3.8) is 0 Å². The van der Waals surface area contributed by atoms with Crippen molar-refractivity contribution in [1.29, 1.82) is 0 Å². The highest BCUT2D eigenvalue weighted by Crippen LogP contribution is 2.10. The van der Waals surface area contributed by atoms with E-state index in [9.17, 15) is 18.8 Å². The fourth-order valence-corrected chi connectivity index (χ4v) is 3.04. The van der Waals surface area contributed by atoms with Gasteiger partial charge in [-0.2, -0.15) is 0 Å². The van der Waals surface area contributed by atoms with Crippen LogP contribution in [0.5, 0.6) is 0 Å². The number of nitrogens with zero attached hydrogens (tertiary/aromatic N) is 3. The van der Waals surface area contributed by atoms with Crippen LogP contribution in [0.15, 0.2) is 46.1 Å². The third-order valence-corrected chi connectivity index (χ3v) is 4.46. The molecule has 0 saturated carbocycles. The Bertz CT molecular complexity index is 875. The average molecular weight is 360 g/mol. The molecule has 1 aliphatic heterocycles. The summed E-state index contributed by atoms with van der Waals surface area (Å²) in [6.07, 6.45) is 2.16. The molecule has 1 saturated heterocycles. The summed E-state index contributed by atoms with van der Waals surface area (Å²) >= 11 is 0. The maximum Gasteiger partial charge on any atom is 0.328 e. The summed E-state index contributed by atoms with van der Waals surface area (Å²) in [4.78, 5) is 41.4. The molecule has 7 nitrogen and oxygen atoms in total. The van der Waals surface area contributed by atoms with E-state index in [0.29, 0.717) is 26.2 Å². The van der Waals surface area contributed by atoms with Crippen molar-refractivity contribution < 1.29 is 9.18 Å². The summed E-state index contributed by atoms with van der Waals surface area (Å²) in [5.41, 5.74) is -0.0329. The molecule has 0 aliphatic carbocycles. The molecule has 0 atom stereocenters. The van der Waals surface area contributed by atoms with Gasteiger partial charge in [0.15, 0.2) is 0 Å². The summed E-state index contributed by atoms with van der Waals surface area (Å²) < 4.78 is 14.2. The molecule has 1 N–H and O–H groups in total. The summed E-state index contributed by atoms with van der Waals surface area (Å²) in [5, 5.41) is 0. The van der Waals surface area contributed by atoms with Gasteiger partial charge >= 0.3 is 5.69 Å². The van der Waals surface area contributed by atoms with Crippen LogP contribution >= 0.6 is 0 Å². The molecular weight excluding hydrogens is 339 g/mol. The van der Waals surface area contributed by atoms with E-state index in [2.05, 4.69) is 9.88 Å². The number of hydrogen-bond donors (Lipinski definition) is 1. The largest absolute Gasteiger partial charge is 0.340 e. The number of carbonyl (C=O) groups excluding carboxylic acids is 1. The second-order valence-electron chi connectivity index (χ2n) is 6.37. The van der Waals surface area contributed by atoms with Crippen molar-refractivity contribution in [2.45, 2.75) is 19.5 Å². The quantitative estimate of drug-likeness (QED) is 0.857. The van der Waals surface area contributed by atoms with Gasteiger partial charge in [-0.15, -0.1) is 0 Å². The van der Waals surface area contributed by atoms with Gasteiger partial charge in [-0.3, -0.25) is 24.0 Å². The first-order chi connectivity index (χ1) is 12.5. The Morgan fingerprint density at radius 2 is 1.81 bits per heavy atom. The van der Waals surface area contributed by atoms with Crippen molar-refractivity contribution >= 4 is 5.91 Å². The van der Waals surface area contributed by atoms with Crippen LogP contribution in [0.4, 0.5) is 4.39 Å². The fourth-order valence-electron chi connectivity index (χ4n) is 3.04. The first-order valence-electron chi connectivity index (χ1n) is 8.55. The van der Waals surface area contributed by atoms with E-state index in [0.717, 1.165) is 18.5 Å².